The quantitative estimate of drug-likeness (QED) is 0.759. The van der Waals surface area contributed by atoms with Gasteiger partial charge in [0.1, 0.15) is 5.75 Å². The largest absolute Gasteiger partial charge is 0.497 e. The molecule has 104 valence electrons. The molecule has 19 heavy (non-hydrogen) atoms. The van der Waals surface area contributed by atoms with Gasteiger partial charge in [-0.15, -0.1) is 0 Å². The van der Waals surface area contributed by atoms with E-state index in [1.807, 2.05) is 13.8 Å². The van der Waals surface area contributed by atoms with Gasteiger partial charge in [0.05, 0.1) is 7.11 Å². The number of ether oxygens (including phenoxy) is 1. The van der Waals surface area contributed by atoms with Crippen molar-refractivity contribution in [2.45, 2.75) is 13.8 Å². The first-order valence-electron chi connectivity index (χ1n) is 6.24. The molecule has 2 N–H and O–H groups in total. The molecule has 0 radical (unpaired) electrons. The molecule has 1 aromatic rings. The summed E-state index contributed by atoms with van der Waals surface area (Å²) < 4.78 is 5.05. The summed E-state index contributed by atoms with van der Waals surface area (Å²) in [5.41, 5.74) is 0.537. The average molecular weight is 264 g/mol. The molecule has 5 heteroatoms. The highest BCUT2D eigenvalue weighted by Gasteiger charge is 2.07. The van der Waals surface area contributed by atoms with Crippen LogP contribution in [-0.4, -0.2) is 32.0 Å². The summed E-state index contributed by atoms with van der Waals surface area (Å²) >= 11 is 0. The second kappa shape index (κ2) is 7.41. The van der Waals surface area contributed by atoms with Gasteiger partial charge >= 0.3 is 0 Å². The lowest BCUT2D eigenvalue weighted by Gasteiger charge is -2.09. The third-order valence-electron chi connectivity index (χ3n) is 2.57. The minimum absolute atomic E-state index is 0.0179. The predicted octanol–water partition coefficient (Wildman–Crippen LogP) is 1.20. The predicted molar refractivity (Wildman–Crippen MR) is 73.2 cm³/mol. The van der Waals surface area contributed by atoms with E-state index in [9.17, 15) is 9.59 Å². The van der Waals surface area contributed by atoms with Crippen LogP contribution < -0.4 is 15.4 Å². The standard InChI is InChI=1S/C14H20N2O3/c1-10(2)13(17)15-7-8-16-14(18)11-5-4-6-12(9-11)19-3/h4-6,9-10H,7-8H2,1-3H3,(H,15,17)(H,16,18). The van der Waals surface area contributed by atoms with Gasteiger partial charge in [-0.3, -0.25) is 9.59 Å². The van der Waals surface area contributed by atoms with Crippen LogP contribution in [0, 0.1) is 5.92 Å². The topological polar surface area (TPSA) is 67.4 Å². The highest BCUT2D eigenvalue weighted by atomic mass is 16.5. The van der Waals surface area contributed by atoms with Gasteiger partial charge in [0, 0.05) is 24.6 Å². The molecule has 0 aliphatic heterocycles. The molecular weight excluding hydrogens is 244 g/mol. The van der Waals surface area contributed by atoms with E-state index in [0.717, 1.165) is 0 Å². The molecule has 0 unspecified atom stereocenters. The Bertz CT molecular complexity index is 444. The smallest absolute Gasteiger partial charge is 0.251 e. The van der Waals surface area contributed by atoms with Crippen molar-refractivity contribution in [2.24, 2.45) is 5.92 Å². The summed E-state index contributed by atoms with van der Waals surface area (Å²) in [6.07, 6.45) is 0. The van der Waals surface area contributed by atoms with Gasteiger partial charge in [-0.25, -0.2) is 0 Å². The second-order valence-corrected chi connectivity index (χ2v) is 4.43. The van der Waals surface area contributed by atoms with Gasteiger partial charge in [-0.2, -0.15) is 0 Å². The molecule has 0 heterocycles. The Labute approximate surface area is 113 Å². The van der Waals surface area contributed by atoms with E-state index in [2.05, 4.69) is 10.6 Å². The van der Waals surface area contributed by atoms with Crippen LogP contribution in [0.2, 0.25) is 0 Å². The number of methoxy groups -OCH3 is 1. The maximum Gasteiger partial charge on any atom is 0.251 e. The molecule has 0 aliphatic carbocycles. The van der Waals surface area contributed by atoms with Crippen molar-refractivity contribution < 1.29 is 14.3 Å². The third-order valence-corrected chi connectivity index (χ3v) is 2.57. The van der Waals surface area contributed by atoms with E-state index < -0.39 is 0 Å². The normalized spacial score (nSPS) is 10.1. The Morgan fingerprint density at radius 3 is 2.53 bits per heavy atom. The summed E-state index contributed by atoms with van der Waals surface area (Å²) in [6.45, 7) is 4.47. The molecule has 0 bridgehead atoms. The fraction of sp³-hybridized carbons (Fsp3) is 0.429. The molecule has 0 spiro atoms. The number of hydrogen-bond acceptors (Lipinski definition) is 3. The molecule has 0 aliphatic rings. The first-order chi connectivity index (χ1) is 9.04. The zero-order valence-electron chi connectivity index (χ0n) is 11.5. The van der Waals surface area contributed by atoms with Crippen molar-refractivity contribution in [1.29, 1.82) is 0 Å². The highest BCUT2D eigenvalue weighted by Crippen LogP contribution is 2.12. The van der Waals surface area contributed by atoms with Crippen LogP contribution in [0.15, 0.2) is 24.3 Å². The summed E-state index contributed by atoms with van der Waals surface area (Å²) in [6, 6.07) is 6.92. The van der Waals surface area contributed by atoms with Crippen molar-refractivity contribution in [3.8, 4) is 5.75 Å². The van der Waals surface area contributed by atoms with Gasteiger partial charge in [-0.05, 0) is 18.2 Å². The van der Waals surface area contributed by atoms with Crippen LogP contribution in [0.5, 0.6) is 5.75 Å². The van der Waals surface area contributed by atoms with E-state index in [1.54, 1.807) is 31.4 Å². The number of hydrogen-bond donors (Lipinski definition) is 2. The second-order valence-electron chi connectivity index (χ2n) is 4.43. The van der Waals surface area contributed by atoms with E-state index in [4.69, 9.17) is 4.74 Å². The molecule has 0 saturated heterocycles. The van der Waals surface area contributed by atoms with Crippen molar-refractivity contribution in [3.63, 3.8) is 0 Å². The highest BCUT2D eigenvalue weighted by molar-refractivity contribution is 5.94. The van der Waals surface area contributed by atoms with Crippen molar-refractivity contribution in [2.75, 3.05) is 20.2 Å². The number of nitrogens with one attached hydrogen (secondary N) is 2. The molecule has 0 saturated carbocycles. The Morgan fingerprint density at radius 1 is 1.21 bits per heavy atom. The summed E-state index contributed by atoms with van der Waals surface area (Å²) in [4.78, 5) is 23.1. The van der Waals surface area contributed by atoms with Crippen LogP contribution in [-0.2, 0) is 4.79 Å². The maximum atomic E-state index is 11.8. The molecule has 1 aromatic carbocycles. The SMILES string of the molecule is COc1cccc(C(=O)NCCNC(=O)C(C)C)c1. The van der Waals surface area contributed by atoms with Crippen LogP contribution >= 0.6 is 0 Å². The van der Waals surface area contributed by atoms with Crippen LogP contribution in [0.1, 0.15) is 24.2 Å². The van der Waals surface area contributed by atoms with Crippen molar-refractivity contribution in [3.05, 3.63) is 29.8 Å². The summed E-state index contributed by atoms with van der Waals surface area (Å²) in [5.74, 6) is 0.392. The van der Waals surface area contributed by atoms with Crippen LogP contribution in [0.4, 0.5) is 0 Å². The molecule has 0 atom stereocenters. The number of carbonyl (C=O) groups is 2. The van der Waals surface area contributed by atoms with Gasteiger partial charge in [0.2, 0.25) is 5.91 Å². The van der Waals surface area contributed by atoms with Gasteiger partial charge in [0.15, 0.2) is 0 Å². The lowest BCUT2D eigenvalue weighted by atomic mass is 10.2. The number of rotatable bonds is 6. The van der Waals surface area contributed by atoms with Crippen molar-refractivity contribution in [1.82, 2.24) is 10.6 Å². The van der Waals surface area contributed by atoms with E-state index in [0.29, 0.717) is 24.4 Å². The molecule has 0 fully saturated rings. The Balaban J connectivity index is 2.37. The fourth-order valence-electron chi connectivity index (χ4n) is 1.43. The van der Waals surface area contributed by atoms with E-state index >= 15 is 0 Å². The number of carbonyl (C=O) groups excluding carboxylic acids is 2. The minimum atomic E-state index is -0.183. The first-order valence-corrected chi connectivity index (χ1v) is 6.24. The first kappa shape index (κ1) is 15.0. The van der Waals surface area contributed by atoms with Gasteiger partial charge in [0.25, 0.3) is 5.91 Å². The Hall–Kier alpha value is -2.04. The van der Waals surface area contributed by atoms with E-state index in [1.165, 1.54) is 0 Å². The molecule has 2 amide bonds. The number of benzene rings is 1. The molecule has 1 rings (SSSR count). The van der Waals surface area contributed by atoms with Gasteiger partial charge in [-0.1, -0.05) is 19.9 Å². The summed E-state index contributed by atoms with van der Waals surface area (Å²) in [5, 5.41) is 5.47. The number of amides is 2. The molecule has 5 nitrogen and oxygen atoms in total. The Kier molecular flexibility index (Phi) is 5.85. The van der Waals surface area contributed by atoms with Crippen LogP contribution in [0.25, 0.3) is 0 Å². The maximum absolute atomic E-state index is 11.8. The fourth-order valence-corrected chi connectivity index (χ4v) is 1.43. The lowest BCUT2D eigenvalue weighted by molar-refractivity contribution is -0.123. The monoisotopic (exact) mass is 264 g/mol. The average Bonchev–Trinajstić information content (AvgIpc) is 2.42. The Morgan fingerprint density at radius 2 is 1.89 bits per heavy atom. The lowest BCUT2D eigenvalue weighted by Crippen LogP contribution is -2.36. The molecule has 0 aromatic heterocycles. The minimum Gasteiger partial charge on any atom is -0.497 e. The third kappa shape index (κ3) is 4.99. The molecular formula is C14H20N2O3. The van der Waals surface area contributed by atoms with Gasteiger partial charge < -0.3 is 15.4 Å². The summed E-state index contributed by atoms with van der Waals surface area (Å²) in [7, 11) is 1.55. The zero-order chi connectivity index (χ0) is 14.3. The van der Waals surface area contributed by atoms with Crippen molar-refractivity contribution >= 4 is 11.8 Å². The van der Waals surface area contributed by atoms with Crippen LogP contribution in [0.3, 0.4) is 0 Å². The van der Waals surface area contributed by atoms with E-state index in [-0.39, 0.29) is 17.7 Å². The zero-order valence-corrected chi connectivity index (χ0v) is 11.5.